The van der Waals surface area contributed by atoms with Crippen molar-refractivity contribution in [2.45, 2.75) is 6.10 Å². The van der Waals surface area contributed by atoms with Gasteiger partial charge in [-0.2, -0.15) is 0 Å². The highest BCUT2D eigenvalue weighted by Crippen LogP contribution is 2.19. The Morgan fingerprint density at radius 1 is 1.37 bits per heavy atom. The molecular formula is C14H14N2O3. The number of non-ortho nitro benzene ring substituents is 1. The summed E-state index contributed by atoms with van der Waals surface area (Å²) in [5.41, 5.74) is 0.408. The molecule has 0 heterocycles. The molecule has 0 aromatic heterocycles. The van der Waals surface area contributed by atoms with E-state index in [0.29, 0.717) is 18.7 Å². The van der Waals surface area contributed by atoms with Crippen molar-refractivity contribution in [2.24, 2.45) is 0 Å². The largest absolute Gasteiger partial charge is 0.387 e. The fraction of sp³-hybridized carbons (Fsp3) is 0.286. The van der Waals surface area contributed by atoms with Crippen LogP contribution >= 0.6 is 0 Å². The zero-order valence-corrected chi connectivity index (χ0v) is 10.3. The van der Waals surface area contributed by atoms with Gasteiger partial charge in [-0.1, -0.05) is 24.0 Å². The predicted octanol–water partition coefficient (Wildman–Crippen LogP) is 1.20. The Balaban J connectivity index is 2.79. The van der Waals surface area contributed by atoms with Gasteiger partial charge < -0.3 is 5.11 Å². The van der Waals surface area contributed by atoms with E-state index in [4.69, 9.17) is 12.8 Å². The first-order chi connectivity index (χ1) is 9.08. The molecule has 0 amide bonds. The summed E-state index contributed by atoms with van der Waals surface area (Å²) in [4.78, 5) is 11.9. The van der Waals surface area contributed by atoms with Crippen LogP contribution in [0.5, 0.6) is 0 Å². The maximum Gasteiger partial charge on any atom is 0.269 e. The SMILES string of the molecule is C#CCN(CC#C)CC(O)c1cccc([N+](=O)[O-])c1. The van der Waals surface area contributed by atoms with Crippen LogP contribution in [0.25, 0.3) is 0 Å². The second-order valence-electron chi connectivity index (χ2n) is 3.95. The van der Waals surface area contributed by atoms with Crippen LogP contribution in [-0.4, -0.2) is 34.6 Å². The zero-order valence-electron chi connectivity index (χ0n) is 10.3. The van der Waals surface area contributed by atoms with Crippen molar-refractivity contribution >= 4 is 5.69 Å². The van der Waals surface area contributed by atoms with E-state index in [1.54, 1.807) is 11.0 Å². The molecule has 5 heteroatoms. The standard InChI is InChI=1S/C14H14N2O3/c1-3-8-15(9-4-2)11-14(17)12-6-5-7-13(10-12)16(18)19/h1-2,5-7,10,14,17H,8-9,11H2. The lowest BCUT2D eigenvalue weighted by Crippen LogP contribution is -2.29. The van der Waals surface area contributed by atoms with E-state index >= 15 is 0 Å². The maximum atomic E-state index is 10.7. The Hall–Kier alpha value is -2.34. The zero-order chi connectivity index (χ0) is 14.3. The number of nitro benzene ring substituents is 1. The van der Waals surface area contributed by atoms with E-state index in [2.05, 4.69) is 11.8 Å². The molecule has 1 N–H and O–H groups in total. The lowest BCUT2D eigenvalue weighted by Gasteiger charge is -2.20. The number of benzene rings is 1. The van der Waals surface area contributed by atoms with Crippen molar-refractivity contribution in [2.75, 3.05) is 19.6 Å². The van der Waals surface area contributed by atoms with Crippen molar-refractivity contribution in [1.29, 1.82) is 0 Å². The molecular weight excluding hydrogens is 244 g/mol. The van der Waals surface area contributed by atoms with E-state index in [0.717, 1.165) is 0 Å². The molecule has 0 saturated carbocycles. The summed E-state index contributed by atoms with van der Waals surface area (Å²) in [6.45, 7) is 0.863. The van der Waals surface area contributed by atoms with Gasteiger partial charge in [-0.3, -0.25) is 15.0 Å². The second kappa shape index (κ2) is 7.17. The maximum absolute atomic E-state index is 10.7. The van der Waals surface area contributed by atoms with Gasteiger partial charge in [0.2, 0.25) is 0 Å². The molecule has 0 spiro atoms. The minimum atomic E-state index is -0.874. The Bertz CT molecular complexity index is 512. The van der Waals surface area contributed by atoms with Gasteiger partial charge in [-0.25, -0.2) is 0 Å². The van der Waals surface area contributed by atoms with Crippen molar-refractivity contribution in [1.82, 2.24) is 4.90 Å². The lowest BCUT2D eigenvalue weighted by atomic mass is 10.1. The highest BCUT2D eigenvalue weighted by molar-refractivity contribution is 5.35. The highest BCUT2D eigenvalue weighted by atomic mass is 16.6. The number of hydrogen-bond acceptors (Lipinski definition) is 4. The van der Waals surface area contributed by atoms with E-state index in [1.165, 1.54) is 18.2 Å². The lowest BCUT2D eigenvalue weighted by molar-refractivity contribution is -0.385. The van der Waals surface area contributed by atoms with E-state index < -0.39 is 11.0 Å². The summed E-state index contributed by atoms with van der Waals surface area (Å²) < 4.78 is 0. The van der Waals surface area contributed by atoms with E-state index in [9.17, 15) is 15.2 Å². The minimum absolute atomic E-state index is 0.0583. The number of nitro groups is 1. The van der Waals surface area contributed by atoms with Crippen LogP contribution in [0.2, 0.25) is 0 Å². The summed E-state index contributed by atoms with van der Waals surface area (Å²) in [5.74, 6) is 4.90. The van der Waals surface area contributed by atoms with Gasteiger partial charge >= 0.3 is 0 Å². The average Bonchev–Trinajstić information content (AvgIpc) is 2.39. The number of nitrogens with zero attached hydrogens (tertiary/aromatic N) is 2. The number of hydrogen-bond donors (Lipinski definition) is 1. The van der Waals surface area contributed by atoms with Gasteiger partial charge in [0, 0.05) is 18.7 Å². The number of terminal acetylenes is 2. The van der Waals surface area contributed by atoms with E-state index in [-0.39, 0.29) is 12.2 Å². The minimum Gasteiger partial charge on any atom is -0.387 e. The fourth-order valence-electron chi connectivity index (χ4n) is 1.64. The molecule has 1 rings (SSSR count). The number of aliphatic hydroxyl groups is 1. The number of aliphatic hydroxyl groups excluding tert-OH is 1. The third-order valence-electron chi connectivity index (χ3n) is 2.53. The molecule has 0 aliphatic heterocycles. The second-order valence-corrected chi connectivity index (χ2v) is 3.95. The first-order valence-corrected chi connectivity index (χ1v) is 5.60. The summed E-state index contributed by atoms with van der Waals surface area (Å²) in [7, 11) is 0. The molecule has 19 heavy (non-hydrogen) atoms. The highest BCUT2D eigenvalue weighted by Gasteiger charge is 2.15. The van der Waals surface area contributed by atoms with Crippen LogP contribution in [0.4, 0.5) is 5.69 Å². The molecule has 0 aliphatic rings. The molecule has 1 unspecified atom stereocenters. The quantitative estimate of drug-likeness (QED) is 0.473. The first kappa shape index (κ1) is 14.7. The molecule has 0 radical (unpaired) electrons. The molecule has 98 valence electrons. The van der Waals surface area contributed by atoms with Crippen LogP contribution < -0.4 is 0 Å². The van der Waals surface area contributed by atoms with Gasteiger partial charge in [0.25, 0.3) is 5.69 Å². The van der Waals surface area contributed by atoms with Crippen molar-refractivity contribution in [3.8, 4) is 24.7 Å². The van der Waals surface area contributed by atoms with Crippen molar-refractivity contribution < 1.29 is 10.0 Å². The van der Waals surface area contributed by atoms with Crippen LogP contribution in [0.1, 0.15) is 11.7 Å². The van der Waals surface area contributed by atoms with Gasteiger partial charge in [-0.15, -0.1) is 12.8 Å². The average molecular weight is 258 g/mol. The van der Waals surface area contributed by atoms with Gasteiger partial charge in [0.15, 0.2) is 0 Å². The summed E-state index contributed by atoms with van der Waals surface area (Å²) in [6, 6.07) is 5.87. The fourth-order valence-corrected chi connectivity index (χ4v) is 1.64. The molecule has 1 atom stereocenters. The first-order valence-electron chi connectivity index (χ1n) is 5.60. The molecule has 5 nitrogen and oxygen atoms in total. The van der Waals surface area contributed by atoms with Gasteiger partial charge in [-0.05, 0) is 5.56 Å². The topological polar surface area (TPSA) is 66.6 Å². The monoisotopic (exact) mass is 258 g/mol. The Kier molecular flexibility index (Phi) is 5.56. The van der Waals surface area contributed by atoms with Crippen molar-refractivity contribution in [3.63, 3.8) is 0 Å². The Morgan fingerprint density at radius 2 is 2.00 bits per heavy atom. The third kappa shape index (κ3) is 4.44. The smallest absolute Gasteiger partial charge is 0.269 e. The normalized spacial score (nSPS) is 11.6. The van der Waals surface area contributed by atoms with Gasteiger partial charge in [0.1, 0.15) is 0 Å². The summed E-state index contributed by atoms with van der Waals surface area (Å²) >= 11 is 0. The Labute approximate surface area is 112 Å². The summed E-state index contributed by atoms with van der Waals surface area (Å²) in [5, 5.41) is 20.7. The molecule has 1 aromatic rings. The predicted molar refractivity (Wildman–Crippen MR) is 72.2 cm³/mol. The molecule has 0 aliphatic carbocycles. The van der Waals surface area contributed by atoms with Crippen LogP contribution in [0.3, 0.4) is 0 Å². The molecule has 0 saturated heterocycles. The van der Waals surface area contributed by atoms with Crippen molar-refractivity contribution in [3.05, 3.63) is 39.9 Å². The third-order valence-corrected chi connectivity index (χ3v) is 2.53. The summed E-state index contributed by atoms with van der Waals surface area (Å²) in [6.07, 6.45) is 9.54. The molecule has 0 fully saturated rings. The van der Waals surface area contributed by atoms with Crippen LogP contribution in [0, 0.1) is 34.8 Å². The van der Waals surface area contributed by atoms with Crippen LogP contribution in [0.15, 0.2) is 24.3 Å². The van der Waals surface area contributed by atoms with E-state index in [1.807, 2.05) is 0 Å². The van der Waals surface area contributed by atoms with Gasteiger partial charge in [0.05, 0.1) is 24.1 Å². The van der Waals surface area contributed by atoms with Crippen LogP contribution in [-0.2, 0) is 0 Å². The number of rotatable bonds is 6. The molecule has 1 aromatic carbocycles. The molecule has 0 bridgehead atoms. The Morgan fingerprint density at radius 3 is 2.53 bits per heavy atom.